The first-order valence-corrected chi connectivity index (χ1v) is 8.19. The van der Waals surface area contributed by atoms with Crippen LogP contribution in [-0.4, -0.2) is 15.5 Å². The third-order valence-corrected chi connectivity index (χ3v) is 4.85. The average molecular weight is 308 g/mol. The number of nitrogens with one attached hydrogen (secondary N) is 2. The largest absolute Gasteiger partial charge is 0.468 e. The molecule has 0 saturated carbocycles. The Morgan fingerprint density at radius 1 is 1.14 bits per heavy atom. The monoisotopic (exact) mass is 308 g/mol. The molecular formula is C15H20N2O3S. The smallest absolute Gasteiger partial charge is 0.241 e. The lowest BCUT2D eigenvalue weighted by atomic mass is 10.1. The molecule has 0 aliphatic heterocycles. The Kier molecular flexibility index (Phi) is 4.82. The van der Waals surface area contributed by atoms with E-state index in [1.807, 2.05) is 20.0 Å². The number of benzene rings is 1. The van der Waals surface area contributed by atoms with Gasteiger partial charge in [-0.05, 0) is 55.8 Å². The van der Waals surface area contributed by atoms with Crippen molar-refractivity contribution >= 4 is 10.0 Å². The zero-order valence-electron chi connectivity index (χ0n) is 12.4. The van der Waals surface area contributed by atoms with Crippen LogP contribution in [0.4, 0.5) is 0 Å². The molecule has 0 bridgehead atoms. The molecule has 0 unspecified atom stereocenters. The summed E-state index contributed by atoms with van der Waals surface area (Å²) in [6, 6.07) is 7.09. The molecule has 0 aliphatic rings. The summed E-state index contributed by atoms with van der Waals surface area (Å²) in [6.07, 6.45) is 1.52. The number of furan rings is 1. The van der Waals surface area contributed by atoms with E-state index in [1.54, 1.807) is 25.1 Å². The fourth-order valence-corrected chi connectivity index (χ4v) is 3.47. The summed E-state index contributed by atoms with van der Waals surface area (Å²) in [5.74, 6) is 0.582. The van der Waals surface area contributed by atoms with Gasteiger partial charge in [0.1, 0.15) is 5.76 Å². The van der Waals surface area contributed by atoms with Gasteiger partial charge in [-0.15, -0.1) is 0 Å². The fraction of sp³-hybridized carbons (Fsp3) is 0.333. The van der Waals surface area contributed by atoms with Crippen LogP contribution in [0.5, 0.6) is 0 Å². The minimum absolute atomic E-state index is 0.143. The van der Waals surface area contributed by atoms with E-state index in [4.69, 9.17) is 4.42 Å². The van der Waals surface area contributed by atoms with Gasteiger partial charge < -0.3 is 9.73 Å². The van der Waals surface area contributed by atoms with E-state index in [0.717, 1.165) is 16.7 Å². The molecule has 1 aromatic carbocycles. The van der Waals surface area contributed by atoms with E-state index < -0.39 is 10.0 Å². The van der Waals surface area contributed by atoms with Gasteiger partial charge in [0.05, 0.1) is 17.7 Å². The summed E-state index contributed by atoms with van der Waals surface area (Å²) in [5, 5.41) is 3.05. The maximum absolute atomic E-state index is 12.4. The van der Waals surface area contributed by atoms with Gasteiger partial charge in [0.15, 0.2) is 0 Å². The van der Waals surface area contributed by atoms with Crippen LogP contribution in [0.15, 0.2) is 39.8 Å². The highest BCUT2D eigenvalue weighted by atomic mass is 32.2. The van der Waals surface area contributed by atoms with E-state index in [9.17, 15) is 8.42 Å². The minimum atomic E-state index is -3.56. The molecule has 21 heavy (non-hydrogen) atoms. The van der Waals surface area contributed by atoms with E-state index in [-0.39, 0.29) is 6.54 Å². The zero-order chi connectivity index (χ0) is 15.5. The molecular weight excluding hydrogens is 288 g/mol. The summed E-state index contributed by atoms with van der Waals surface area (Å²) in [4.78, 5) is 0.310. The maximum atomic E-state index is 12.4. The third-order valence-electron chi connectivity index (χ3n) is 3.31. The first-order valence-electron chi connectivity index (χ1n) is 6.71. The molecule has 5 nitrogen and oxygen atoms in total. The number of hydrogen-bond donors (Lipinski definition) is 2. The first kappa shape index (κ1) is 15.8. The number of sulfonamides is 1. The van der Waals surface area contributed by atoms with Crippen molar-refractivity contribution in [1.29, 1.82) is 0 Å². The lowest BCUT2D eigenvalue weighted by Crippen LogP contribution is -2.24. The standard InChI is InChI=1S/C15H20N2O3S/c1-11-7-12(2)15(8-13(11)9-16-3)21(18,19)17-10-14-5-4-6-20-14/h4-8,16-17H,9-10H2,1-3H3. The highest BCUT2D eigenvalue weighted by Gasteiger charge is 2.18. The van der Waals surface area contributed by atoms with Crippen molar-refractivity contribution in [2.75, 3.05) is 7.05 Å². The van der Waals surface area contributed by atoms with Crippen LogP contribution in [0.1, 0.15) is 22.5 Å². The molecule has 0 saturated heterocycles. The summed E-state index contributed by atoms with van der Waals surface area (Å²) in [6.45, 7) is 4.56. The lowest BCUT2D eigenvalue weighted by molar-refractivity contribution is 0.498. The molecule has 2 N–H and O–H groups in total. The van der Waals surface area contributed by atoms with Crippen LogP contribution in [0.3, 0.4) is 0 Å². The SMILES string of the molecule is CNCc1cc(S(=O)(=O)NCc2ccco2)c(C)cc1C. The van der Waals surface area contributed by atoms with Gasteiger partial charge in [0.2, 0.25) is 10.0 Å². The molecule has 1 heterocycles. The van der Waals surface area contributed by atoms with E-state index in [0.29, 0.717) is 17.2 Å². The Labute approximate surface area is 125 Å². The van der Waals surface area contributed by atoms with Gasteiger partial charge in [-0.3, -0.25) is 0 Å². The Morgan fingerprint density at radius 3 is 2.52 bits per heavy atom. The van der Waals surface area contributed by atoms with Crippen molar-refractivity contribution in [3.8, 4) is 0 Å². The van der Waals surface area contributed by atoms with E-state index in [1.165, 1.54) is 6.26 Å². The van der Waals surface area contributed by atoms with E-state index in [2.05, 4.69) is 10.0 Å². The second-order valence-corrected chi connectivity index (χ2v) is 6.71. The predicted octanol–water partition coefficient (Wildman–Crippen LogP) is 2.09. The second kappa shape index (κ2) is 6.43. The molecule has 6 heteroatoms. The van der Waals surface area contributed by atoms with Gasteiger partial charge in [0.25, 0.3) is 0 Å². The highest BCUT2D eigenvalue weighted by molar-refractivity contribution is 7.89. The van der Waals surface area contributed by atoms with Crippen molar-refractivity contribution in [3.63, 3.8) is 0 Å². The van der Waals surface area contributed by atoms with Crippen LogP contribution in [0, 0.1) is 13.8 Å². The maximum Gasteiger partial charge on any atom is 0.241 e. The molecule has 0 fully saturated rings. The van der Waals surface area contributed by atoms with Gasteiger partial charge in [-0.25, -0.2) is 13.1 Å². The van der Waals surface area contributed by atoms with Crippen molar-refractivity contribution in [1.82, 2.24) is 10.0 Å². The second-order valence-electron chi connectivity index (χ2n) is 4.98. The summed E-state index contributed by atoms with van der Waals surface area (Å²) in [5.41, 5.74) is 2.78. The zero-order valence-corrected chi connectivity index (χ0v) is 13.3. The summed E-state index contributed by atoms with van der Waals surface area (Å²) in [7, 11) is -1.73. The minimum Gasteiger partial charge on any atom is -0.468 e. The van der Waals surface area contributed by atoms with Crippen molar-refractivity contribution in [3.05, 3.63) is 53.0 Å². The molecule has 0 amide bonds. The lowest BCUT2D eigenvalue weighted by Gasteiger charge is -2.13. The molecule has 1 aromatic heterocycles. The Bertz CT molecular complexity index is 707. The fourth-order valence-electron chi connectivity index (χ4n) is 2.20. The molecule has 2 rings (SSSR count). The van der Waals surface area contributed by atoms with Gasteiger partial charge >= 0.3 is 0 Å². The Balaban J connectivity index is 2.28. The normalized spacial score (nSPS) is 11.8. The Morgan fingerprint density at radius 2 is 1.90 bits per heavy atom. The summed E-state index contributed by atoms with van der Waals surface area (Å²) < 4.78 is 32.6. The average Bonchev–Trinajstić information content (AvgIpc) is 2.93. The topological polar surface area (TPSA) is 71.3 Å². The van der Waals surface area contributed by atoms with Crippen LogP contribution < -0.4 is 10.0 Å². The highest BCUT2D eigenvalue weighted by Crippen LogP contribution is 2.21. The van der Waals surface area contributed by atoms with Gasteiger partial charge in [-0.2, -0.15) is 0 Å². The first-order chi connectivity index (χ1) is 9.94. The van der Waals surface area contributed by atoms with Crippen LogP contribution in [0.2, 0.25) is 0 Å². The number of aryl methyl sites for hydroxylation is 2. The predicted molar refractivity (Wildman–Crippen MR) is 81.4 cm³/mol. The molecule has 0 atom stereocenters. The summed E-state index contributed by atoms with van der Waals surface area (Å²) >= 11 is 0. The van der Waals surface area contributed by atoms with Crippen LogP contribution >= 0.6 is 0 Å². The molecule has 0 spiro atoms. The van der Waals surface area contributed by atoms with Crippen LogP contribution in [0.25, 0.3) is 0 Å². The molecule has 0 aliphatic carbocycles. The quantitative estimate of drug-likeness (QED) is 0.857. The van der Waals surface area contributed by atoms with Gasteiger partial charge in [0, 0.05) is 6.54 Å². The molecule has 0 radical (unpaired) electrons. The van der Waals surface area contributed by atoms with Crippen LogP contribution in [-0.2, 0) is 23.1 Å². The number of rotatable bonds is 6. The molecule has 2 aromatic rings. The van der Waals surface area contributed by atoms with E-state index >= 15 is 0 Å². The third kappa shape index (κ3) is 3.72. The van der Waals surface area contributed by atoms with Gasteiger partial charge in [-0.1, -0.05) is 6.07 Å². The van der Waals surface area contributed by atoms with Crippen molar-refractivity contribution < 1.29 is 12.8 Å². The number of hydrogen-bond acceptors (Lipinski definition) is 4. The van der Waals surface area contributed by atoms with Crippen molar-refractivity contribution in [2.24, 2.45) is 0 Å². The van der Waals surface area contributed by atoms with Crippen molar-refractivity contribution in [2.45, 2.75) is 31.8 Å². The Hall–Kier alpha value is -1.63. The molecule has 114 valence electrons.